The maximum absolute atomic E-state index is 12.5. The fourth-order valence-corrected chi connectivity index (χ4v) is 3.93. The molecule has 6 nitrogen and oxygen atoms in total. The van der Waals surface area contributed by atoms with Gasteiger partial charge in [-0.15, -0.1) is 0 Å². The number of hydrogen-bond donors (Lipinski definition) is 2. The van der Waals surface area contributed by atoms with Crippen LogP contribution in [0.15, 0.2) is 36.7 Å². The Balaban J connectivity index is 1.36. The van der Waals surface area contributed by atoms with Crippen LogP contribution in [0.5, 0.6) is 5.75 Å². The topological polar surface area (TPSA) is 68.2 Å². The zero-order valence-electron chi connectivity index (χ0n) is 14.4. The summed E-state index contributed by atoms with van der Waals surface area (Å²) in [6, 6.07) is 9.28. The zero-order valence-corrected chi connectivity index (χ0v) is 14.4. The van der Waals surface area contributed by atoms with E-state index in [1.165, 1.54) is 12.8 Å². The Labute approximate surface area is 147 Å². The minimum atomic E-state index is -0.0210. The van der Waals surface area contributed by atoms with Crippen molar-refractivity contribution in [1.82, 2.24) is 20.4 Å². The fourth-order valence-electron chi connectivity index (χ4n) is 3.93. The number of rotatable bonds is 5. The highest BCUT2D eigenvalue weighted by molar-refractivity contribution is 5.93. The Bertz CT molecular complexity index is 728. The van der Waals surface area contributed by atoms with Crippen LogP contribution in [0.25, 0.3) is 0 Å². The molecule has 0 aliphatic carbocycles. The molecule has 132 valence electrons. The molecule has 2 N–H and O–H groups in total. The van der Waals surface area contributed by atoms with Crippen LogP contribution in [-0.2, 0) is 6.54 Å². The molecule has 2 saturated heterocycles. The highest BCUT2D eigenvalue weighted by Crippen LogP contribution is 2.26. The van der Waals surface area contributed by atoms with Gasteiger partial charge >= 0.3 is 0 Å². The van der Waals surface area contributed by atoms with Gasteiger partial charge in [-0.3, -0.25) is 9.48 Å². The highest BCUT2D eigenvalue weighted by Gasteiger charge is 2.34. The number of ether oxygens (including phenoxy) is 1. The molecule has 2 aliphatic rings. The summed E-state index contributed by atoms with van der Waals surface area (Å²) in [5.41, 5.74) is 1.74. The quantitative estimate of drug-likeness (QED) is 0.873. The van der Waals surface area contributed by atoms with Crippen LogP contribution < -0.4 is 15.4 Å². The second kappa shape index (κ2) is 6.88. The van der Waals surface area contributed by atoms with Crippen LogP contribution in [0, 0.1) is 0 Å². The first kappa shape index (κ1) is 16.1. The number of piperidine rings is 1. The van der Waals surface area contributed by atoms with E-state index in [4.69, 9.17) is 4.74 Å². The largest absolute Gasteiger partial charge is 0.497 e. The number of benzene rings is 1. The number of fused-ring (bicyclic) bond motifs is 2. The average molecular weight is 340 g/mol. The number of carbonyl (C=O) groups is 1. The van der Waals surface area contributed by atoms with Crippen molar-refractivity contribution in [3.63, 3.8) is 0 Å². The van der Waals surface area contributed by atoms with Crippen LogP contribution in [0.3, 0.4) is 0 Å². The van der Waals surface area contributed by atoms with Crippen LogP contribution in [-0.4, -0.2) is 40.9 Å². The summed E-state index contributed by atoms with van der Waals surface area (Å²) in [6.07, 6.45) is 7.99. The minimum Gasteiger partial charge on any atom is -0.497 e. The summed E-state index contributed by atoms with van der Waals surface area (Å²) in [5.74, 6) is 0.813. The first-order chi connectivity index (χ1) is 12.2. The van der Waals surface area contributed by atoms with Crippen LogP contribution >= 0.6 is 0 Å². The number of aromatic nitrogens is 2. The predicted molar refractivity (Wildman–Crippen MR) is 94.8 cm³/mol. The van der Waals surface area contributed by atoms with Crippen molar-refractivity contribution in [2.75, 3.05) is 7.11 Å². The zero-order chi connectivity index (χ0) is 17.2. The van der Waals surface area contributed by atoms with E-state index in [-0.39, 0.29) is 11.9 Å². The molecule has 2 bridgehead atoms. The lowest BCUT2D eigenvalue weighted by Crippen LogP contribution is -2.47. The number of nitrogens with one attached hydrogen (secondary N) is 2. The summed E-state index contributed by atoms with van der Waals surface area (Å²) in [7, 11) is 1.65. The Hall–Kier alpha value is -2.34. The average Bonchev–Trinajstić information content (AvgIpc) is 3.22. The van der Waals surface area contributed by atoms with Crippen LogP contribution in [0.4, 0.5) is 0 Å². The first-order valence-electron chi connectivity index (χ1n) is 8.92. The van der Waals surface area contributed by atoms with Gasteiger partial charge in [-0.05, 0) is 43.4 Å². The molecule has 1 aromatic heterocycles. The summed E-state index contributed by atoms with van der Waals surface area (Å²) in [4.78, 5) is 12.5. The predicted octanol–water partition coefficient (Wildman–Crippen LogP) is 1.95. The molecule has 2 fully saturated rings. The van der Waals surface area contributed by atoms with Gasteiger partial charge in [-0.2, -0.15) is 5.10 Å². The normalized spacial score (nSPS) is 24.9. The molecular weight excluding hydrogens is 316 g/mol. The second-order valence-electron chi connectivity index (χ2n) is 7.05. The van der Waals surface area contributed by atoms with Crippen molar-refractivity contribution < 1.29 is 9.53 Å². The maximum Gasteiger partial charge on any atom is 0.254 e. The van der Waals surface area contributed by atoms with E-state index in [9.17, 15) is 4.79 Å². The Kier molecular flexibility index (Phi) is 4.44. The van der Waals surface area contributed by atoms with Gasteiger partial charge in [-0.1, -0.05) is 12.1 Å². The van der Waals surface area contributed by atoms with E-state index in [0.717, 1.165) is 24.2 Å². The summed E-state index contributed by atoms with van der Waals surface area (Å²) >= 11 is 0. The van der Waals surface area contributed by atoms with Crippen molar-refractivity contribution in [3.05, 3.63) is 47.8 Å². The summed E-state index contributed by atoms with van der Waals surface area (Å²) in [6.45, 7) is 0.634. The van der Waals surface area contributed by atoms with Crippen molar-refractivity contribution in [2.24, 2.45) is 0 Å². The van der Waals surface area contributed by atoms with E-state index in [2.05, 4.69) is 15.7 Å². The molecule has 2 unspecified atom stereocenters. The van der Waals surface area contributed by atoms with Crippen molar-refractivity contribution in [2.45, 2.75) is 50.4 Å². The molecule has 2 aromatic rings. The lowest BCUT2D eigenvalue weighted by atomic mass is 9.99. The van der Waals surface area contributed by atoms with Crippen LogP contribution in [0.2, 0.25) is 0 Å². The third-order valence-corrected chi connectivity index (χ3v) is 5.21. The third-order valence-electron chi connectivity index (χ3n) is 5.21. The molecule has 0 saturated carbocycles. The Morgan fingerprint density at radius 3 is 2.68 bits per heavy atom. The summed E-state index contributed by atoms with van der Waals surface area (Å²) in [5, 5.41) is 11.1. The molecule has 2 aliphatic heterocycles. The molecule has 0 spiro atoms. The first-order valence-corrected chi connectivity index (χ1v) is 8.92. The molecule has 4 rings (SSSR count). The van der Waals surface area contributed by atoms with Gasteiger partial charge in [0.2, 0.25) is 0 Å². The number of hydrogen-bond acceptors (Lipinski definition) is 4. The minimum absolute atomic E-state index is 0.0210. The maximum atomic E-state index is 12.5. The van der Waals surface area contributed by atoms with Gasteiger partial charge in [-0.25, -0.2) is 0 Å². The lowest BCUT2D eigenvalue weighted by molar-refractivity contribution is 0.0924. The van der Waals surface area contributed by atoms with Gasteiger partial charge in [0.15, 0.2) is 0 Å². The van der Waals surface area contributed by atoms with Crippen molar-refractivity contribution in [1.29, 1.82) is 0 Å². The van der Waals surface area contributed by atoms with Gasteiger partial charge in [0.25, 0.3) is 5.91 Å². The van der Waals surface area contributed by atoms with Crippen molar-refractivity contribution in [3.8, 4) is 5.75 Å². The van der Waals surface area contributed by atoms with Crippen molar-refractivity contribution >= 4 is 5.91 Å². The smallest absolute Gasteiger partial charge is 0.254 e. The summed E-state index contributed by atoms with van der Waals surface area (Å²) < 4.78 is 6.96. The molecule has 0 radical (unpaired) electrons. The van der Waals surface area contributed by atoms with E-state index in [1.54, 1.807) is 18.0 Å². The fraction of sp³-hybridized carbons (Fsp3) is 0.474. The van der Waals surface area contributed by atoms with Gasteiger partial charge in [0.05, 0.1) is 25.4 Å². The third kappa shape index (κ3) is 3.69. The van der Waals surface area contributed by atoms with E-state index < -0.39 is 0 Å². The van der Waals surface area contributed by atoms with Gasteiger partial charge < -0.3 is 15.4 Å². The molecule has 25 heavy (non-hydrogen) atoms. The Morgan fingerprint density at radius 2 is 2.00 bits per heavy atom. The van der Waals surface area contributed by atoms with Crippen LogP contribution in [0.1, 0.15) is 41.6 Å². The lowest BCUT2D eigenvalue weighted by Gasteiger charge is -2.29. The highest BCUT2D eigenvalue weighted by atomic mass is 16.5. The van der Waals surface area contributed by atoms with E-state index in [0.29, 0.717) is 24.2 Å². The molecular formula is C19H24N4O2. The molecule has 2 atom stereocenters. The molecule has 1 aromatic carbocycles. The molecule has 6 heteroatoms. The molecule has 1 amide bonds. The number of carbonyl (C=O) groups excluding carboxylic acids is 1. The second-order valence-corrected chi connectivity index (χ2v) is 7.05. The van der Waals surface area contributed by atoms with Gasteiger partial charge in [0.1, 0.15) is 5.75 Å². The monoisotopic (exact) mass is 340 g/mol. The van der Waals surface area contributed by atoms with E-state index >= 15 is 0 Å². The molecule has 3 heterocycles. The standard InChI is InChI=1S/C19H24N4O2/c1-25-18-6-2-13(3-7-18)11-23-12-14(10-20-23)19(24)22-17-8-15-4-5-16(9-17)21-15/h2-3,6-7,10,12,15-17,21H,4-5,8-9,11H2,1H3,(H,22,24). The van der Waals surface area contributed by atoms with E-state index in [1.807, 2.05) is 30.5 Å². The number of amides is 1. The van der Waals surface area contributed by atoms with Gasteiger partial charge in [0, 0.05) is 24.3 Å². The SMILES string of the molecule is COc1ccc(Cn2cc(C(=O)NC3CC4CCC(C3)N4)cn2)cc1. The Morgan fingerprint density at radius 1 is 1.28 bits per heavy atom. The number of nitrogens with zero attached hydrogens (tertiary/aromatic N) is 2. The number of methoxy groups -OCH3 is 1.